The normalized spacial score (nSPS) is 14.1. The first-order chi connectivity index (χ1) is 13.9. The highest BCUT2D eigenvalue weighted by Gasteiger charge is 2.27. The highest BCUT2D eigenvalue weighted by Crippen LogP contribution is 2.36. The fraction of sp³-hybridized carbons (Fsp3) is 0.0455. The molecule has 1 aliphatic rings. The van der Waals surface area contributed by atoms with E-state index >= 15 is 0 Å². The summed E-state index contributed by atoms with van der Waals surface area (Å²) in [4.78, 5) is 12.6. The van der Waals surface area contributed by atoms with Crippen LogP contribution in [-0.4, -0.2) is 5.78 Å². The molecule has 3 aromatic rings. The number of allylic oxidation sites excluding steroid dienone is 1. The van der Waals surface area contributed by atoms with Gasteiger partial charge in [0.2, 0.25) is 5.78 Å². The summed E-state index contributed by atoms with van der Waals surface area (Å²) in [6.45, 7) is 0.192. The predicted octanol–water partition coefficient (Wildman–Crippen LogP) is 7.50. The van der Waals surface area contributed by atoms with E-state index in [0.29, 0.717) is 48.3 Å². The number of hydrogen-bond donors (Lipinski definition) is 0. The van der Waals surface area contributed by atoms with Crippen molar-refractivity contribution < 1.29 is 14.3 Å². The lowest BCUT2D eigenvalue weighted by Gasteiger charge is -2.10. The Morgan fingerprint density at radius 1 is 0.862 bits per heavy atom. The van der Waals surface area contributed by atoms with E-state index in [2.05, 4.69) is 0 Å². The molecule has 0 amide bonds. The molecule has 0 saturated heterocycles. The van der Waals surface area contributed by atoms with Gasteiger partial charge in [0, 0.05) is 21.7 Å². The van der Waals surface area contributed by atoms with Crippen LogP contribution in [0.15, 0.2) is 60.4 Å². The maximum Gasteiger partial charge on any atom is 0.231 e. The zero-order chi connectivity index (χ0) is 20.5. The van der Waals surface area contributed by atoms with Gasteiger partial charge in [0.05, 0.1) is 15.6 Å². The fourth-order valence-electron chi connectivity index (χ4n) is 2.84. The topological polar surface area (TPSA) is 35.5 Å². The Morgan fingerprint density at radius 3 is 2.34 bits per heavy atom. The Labute approximate surface area is 187 Å². The van der Waals surface area contributed by atoms with Gasteiger partial charge in [0.25, 0.3) is 0 Å². The minimum Gasteiger partial charge on any atom is -0.489 e. The predicted molar refractivity (Wildman–Crippen MR) is 117 cm³/mol. The molecule has 3 nitrogen and oxygen atoms in total. The van der Waals surface area contributed by atoms with Crippen molar-refractivity contribution in [2.24, 2.45) is 0 Å². The van der Waals surface area contributed by atoms with Crippen molar-refractivity contribution in [3.63, 3.8) is 0 Å². The van der Waals surface area contributed by atoms with Gasteiger partial charge in [-0.1, -0.05) is 58.5 Å². The van der Waals surface area contributed by atoms with E-state index in [1.165, 1.54) is 0 Å². The smallest absolute Gasteiger partial charge is 0.231 e. The van der Waals surface area contributed by atoms with E-state index in [-0.39, 0.29) is 18.1 Å². The molecule has 0 N–H and O–H groups in total. The summed E-state index contributed by atoms with van der Waals surface area (Å²) in [6.07, 6.45) is 1.62. The Bertz CT molecular complexity index is 1130. The highest BCUT2D eigenvalue weighted by atomic mass is 35.5. The second kappa shape index (κ2) is 8.29. The van der Waals surface area contributed by atoms with Crippen molar-refractivity contribution in [1.82, 2.24) is 0 Å². The molecule has 0 spiro atoms. The first kappa shape index (κ1) is 20.1. The molecule has 4 rings (SSSR count). The monoisotopic (exact) mass is 464 g/mol. The number of rotatable bonds is 4. The number of fused-ring (bicyclic) bond motifs is 1. The molecule has 0 atom stereocenters. The Hall–Kier alpha value is -2.17. The molecule has 0 bridgehead atoms. The van der Waals surface area contributed by atoms with Crippen LogP contribution in [0.2, 0.25) is 20.1 Å². The van der Waals surface area contributed by atoms with Crippen LogP contribution in [0.25, 0.3) is 6.08 Å². The van der Waals surface area contributed by atoms with Gasteiger partial charge in [-0.2, -0.15) is 0 Å². The third-order valence-corrected chi connectivity index (χ3v) is 5.77. The van der Waals surface area contributed by atoms with Crippen LogP contribution in [0.4, 0.5) is 0 Å². The average molecular weight is 466 g/mol. The minimum absolute atomic E-state index is 0.192. The maximum absolute atomic E-state index is 12.6. The largest absolute Gasteiger partial charge is 0.489 e. The quantitative estimate of drug-likeness (QED) is 0.374. The van der Waals surface area contributed by atoms with E-state index < -0.39 is 0 Å². The molecule has 0 aliphatic carbocycles. The minimum atomic E-state index is -0.216. The van der Waals surface area contributed by atoms with Crippen LogP contribution in [0.1, 0.15) is 21.5 Å². The lowest BCUT2D eigenvalue weighted by molar-refractivity contribution is 0.101. The molecule has 1 heterocycles. The molecule has 0 radical (unpaired) electrons. The number of carbonyl (C=O) groups is 1. The average Bonchev–Trinajstić information content (AvgIpc) is 2.99. The first-order valence-electron chi connectivity index (χ1n) is 8.51. The molecule has 0 fully saturated rings. The zero-order valence-corrected chi connectivity index (χ0v) is 17.7. The van der Waals surface area contributed by atoms with Crippen LogP contribution in [0.3, 0.4) is 0 Å². The summed E-state index contributed by atoms with van der Waals surface area (Å²) in [5, 5.41) is 1.89. The summed E-state index contributed by atoms with van der Waals surface area (Å²) < 4.78 is 11.5. The van der Waals surface area contributed by atoms with Gasteiger partial charge in [-0.15, -0.1) is 0 Å². The summed E-state index contributed by atoms with van der Waals surface area (Å²) in [6, 6.07) is 15.4. The summed E-state index contributed by atoms with van der Waals surface area (Å²) >= 11 is 24.3. The number of hydrogen-bond acceptors (Lipinski definition) is 3. The van der Waals surface area contributed by atoms with E-state index in [9.17, 15) is 4.79 Å². The molecule has 0 unspecified atom stereocenters. The van der Waals surface area contributed by atoms with Crippen LogP contribution < -0.4 is 9.47 Å². The molecule has 7 heteroatoms. The third kappa shape index (κ3) is 4.24. The highest BCUT2D eigenvalue weighted by molar-refractivity contribution is 6.42. The Morgan fingerprint density at radius 2 is 1.62 bits per heavy atom. The van der Waals surface area contributed by atoms with Crippen molar-refractivity contribution in [1.29, 1.82) is 0 Å². The third-order valence-electron chi connectivity index (χ3n) is 4.33. The molecule has 3 aromatic carbocycles. The van der Waals surface area contributed by atoms with Crippen molar-refractivity contribution in [2.45, 2.75) is 6.61 Å². The number of carbonyl (C=O) groups excluding carboxylic acids is 1. The van der Waals surface area contributed by atoms with Gasteiger partial charge < -0.3 is 9.47 Å². The molecule has 0 aromatic heterocycles. The van der Waals surface area contributed by atoms with Crippen molar-refractivity contribution in [2.75, 3.05) is 0 Å². The van der Waals surface area contributed by atoms with Crippen molar-refractivity contribution >= 4 is 58.3 Å². The summed E-state index contributed by atoms with van der Waals surface area (Å²) in [5.74, 6) is 0.934. The lowest BCUT2D eigenvalue weighted by atomic mass is 10.1. The number of Topliss-reactive ketones (excluding diaryl/α,β-unsaturated/α-hetero) is 1. The van der Waals surface area contributed by atoms with Gasteiger partial charge in [-0.05, 0) is 48.0 Å². The van der Waals surface area contributed by atoms with Crippen LogP contribution in [0.5, 0.6) is 11.5 Å². The lowest BCUT2D eigenvalue weighted by Crippen LogP contribution is -1.98. The van der Waals surface area contributed by atoms with Crippen LogP contribution in [-0.2, 0) is 6.61 Å². The number of benzene rings is 3. The van der Waals surface area contributed by atoms with E-state index in [1.54, 1.807) is 60.7 Å². The SMILES string of the molecule is O=C1/C(=C/c2ccc(Cl)c(Cl)c2)Oc2cc(OCc3c(Cl)cccc3Cl)ccc21. The van der Waals surface area contributed by atoms with Crippen molar-refractivity contribution in [3.05, 3.63) is 97.1 Å². The second-order valence-corrected chi connectivity index (χ2v) is 7.89. The zero-order valence-electron chi connectivity index (χ0n) is 14.7. The van der Waals surface area contributed by atoms with Gasteiger partial charge in [0.1, 0.15) is 18.1 Å². The van der Waals surface area contributed by atoms with E-state index in [4.69, 9.17) is 55.9 Å². The number of ketones is 1. The molecular formula is C22H12Cl4O3. The first-order valence-corrected chi connectivity index (χ1v) is 10.0. The van der Waals surface area contributed by atoms with E-state index in [0.717, 1.165) is 0 Å². The molecule has 29 heavy (non-hydrogen) atoms. The fourth-order valence-corrected chi connectivity index (χ4v) is 3.65. The standard InChI is InChI=1S/C22H12Cl4O3/c23-16-2-1-3-17(24)15(16)11-28-13-5-6-14-20(10-13)29-21(22(14)27)9-12-4-7-18(25)19(26)8-12/h1-10H,11H2/b21-9-. The van der Waals surface area contributed by atoms with Gasteiger partial charge >= 0.3 is 0 Å². The second-order valence-electron chi connectivity index (χ2n) is 6.26. The molecule has 146 valence electrons. The summed E-state index contributed by atoms with van der Waals surface area (Å²) in [7, 11) is 0. The van der Waals surface area contributed by atoms with E-state index in [1.807, 2.05) is 0 Å². The molecule has 1 aliphatic heterocycles. The van der Waals surface area contributed by atoms with Gasteiger partial charge in [-0.3, -0.25) is 4.79 Å². The molecular weight excluding hydrogens is 454 g/mol. The Balaban J connectivity index is 1.54. The maximum atomic E-state index is 12.6. The molecule has 0 saturated carbocycles. The Kier molecular flexibility index (Phi) is 5.75. The number of halogens is 4. The number of ether oxygens (including phenoxy) is 2. The van der Waals surface area contributed by atoms with Gasteiger partial charge in [-0.25, -0.2) is 0 Å². The van der Waals surface area contributed by atoms with Crippen LogP contribution >= 0.6 is 46.4 Å². The van der Waals surface area contributed by atoms with Crippen LogP contribution in [0, 0.1) is 0 Å². The van der Waals surface area contributed by atoms with Crippen molar-refractivity contribution in [3.8, 4) is 11.5 Å². The van der Waals surface area contributed by atoms with Gasteiger partial charge in [0.15, 0.2) is 5.76 Å². The summed E-state index contributed by atoms with van der Waals surface area (Å²) in [5.41, 5.74) is 1.85.